The molecule has 164 valence electrons. The number of fused-ring (bicyclic) bond motifs is 1. The van der Waals surface area contributed by atoms with Gasteiger partial charge in [-0.3, -0.25) is 9.78 Å². The van der Waals surface area contributed by atoms with E-state index in [0.29, 0.717) is 5.69 Å². The van der Waals surface area contributed by atoms with Gasteiger partial charge in [0, 0.05) is 23.3 Å². The molecule has 0 aliphatic carbocycles. The van der Waals surface area contributed by atoms with Gasteiger partial charge in [0.25, 0.3) is 0 Å². The van der Waals surface area contributed by atoms with Crippen molar-refractivity contribution in [3.63, 3.8) is 0 Å². The van der Waals surface area contributed by atoms with Crippen LogP contribution in [0.4, 0.5) is 0 Å². The van der Waals surface area contributed by atoms with E-state index in [4.69, 9.17) is 0 Å². The topological polar surface area (TPSA) is 104 Å². The molecule has 1 amide bonds. The number of carbonyl (C=O) groups excluding carboxylic acids is 1. The second kappa shape index (κ2) is 9.33. The predicted octanol–water partition coefficient (Wildman–Crippen LogP) is 3.08. The standard InChI is InChI=1S/C24H24N4O3S/c1-17-7-6-9-20(13-17)32(30,31)28-23(24(29)27-16-19-8-4-5-12-25-19)14-18-15-26-22-11-3-2-10-21(18)22/h2-13,15,23,26,28H,14,16H2,1H3,(H,27,29). The molecule has 32 heavy (non-hydrogen) atoms. The number of hydrogen-bond donors (Lipinski definition) is 3. The summed E-state index contributed by atoms with van der Waals surface area (Å²) in [6.45, 7) is 2.03. The first kappa shape index (κ1) is 21.7. The number of nitrogens with zero attached hydrogens (tertiary/aromatic N) is 1. The largest absolute Gasteiger partial charge is 0.361 e. The lowest BCUT2D eigenvalue weighted by Crippen LogP contribution is -2.47. The summed E-state index contributed by atoms with van der Waals surface area (Å²) in [5.41, 5.74) is 3.29. The summed E-state index contributed by atoms with van der Waals surface area (Å²) in [7, 11) is -3.90. The number of hydrogen-bond acceptors (Lipinski definition) is 4. The maximum Gasteiger partial charge on any atom is 0.241 e. The van der Waals surface area contributed by atoms with Crippen LogP contribution < -0.4 is 10.0 Å². The maximum atomic E-state index is 13.1. The number of aromatic amines is 1. The monoisotopic (exact) mass is 448 g/mol. The molecule has 0 spiro atoms. The molecule has 2 aromatic carbocycles. The summed E-state index contributed by atoms with van der Waals surface area (Å²) in [5.74, 6) is -0.419. The first-order valence-corrected chi connectivity index (χ1v) is 11.7. The number of carbonyl (C=O) groups is 1. The van der Waals surface area contributed by atoms with Gasteiger partial charge in [-0.05, 0) is 54.8 Å². The van der Waals surface area contributed by atoms with E-state index in [-0.39, 0.29) is 17.9 Å². The zero-order chi connectivity index (χ0) is 22.6. The first-order valence-electron chi connectivity index (χ1n) is 10.2. The quantitative estimate of drug-likeness (QED) is 0.385. The van der Waals surface area contributed by atoms with Crippen LogP contribution in [0.5, 0.6) is 0 Å². The van der Waals surface area contributed by atoms with Crippen molar-refractivity contribution < 1.29 is 13.2 Å². The number of H-pyrrole nitrogens is 1. The second-order valence-electron chi connectivity index (χ2n) is 7.59. The van der Waals surface area contributed by atoms with Crippen LogP contribution in [0.3, 0.4) is 0 Å². The molecule has 0 radical (unpaired) electrons. The van der Waals surface area contributed by atoms with Crippen molar-refractivity contribution >= 4 is 26.8 Å². The lowest BCUT2D eigenvalue weighted by molar-refractivity contribution is -0.122. The Balaban J connectivity index is 1.60. The van der Waals surface area contributed by atoms with Crippen molar-refractivity contribution in [2.45, 2.75) is 30.8 Å². The zero-order valence-corrected chi connectivity index (χ0v) is 18.4. The van der Waals surface area contributed by atoms with E-state index < -0.39 is 22.0 Å². The summed E-state index contributed by atoms with van der Waals surface area (Å²) >= 11 is 0. The number of benzene rings is 2. The smallest absolute Gasteiger partial charge is 0.241 e. The summed E-state index contributed by atoms with van der Waals surface area (Å²) in [6, 6.07) is 18.7. The van der Waals surface area contributed by atoms with Crippen LogP contribution in [0.2, 0.25) is 0 Å². The van der Waals surface area contributed by atoms with Crippen LogP contribution in [-0.4, -0.2) is 30.3 Å². The van der Waals surface area contributed by atoms with Crippen molar-refractivity contribution in [2.24, 2.45) is 0 Å². The highest BCUT2D eigenvalue weighted by molar-refractivity contribution is 7.89. The first-order chi connectivity index (χ1) is 15.4. The van der Waals surface area contributed by atoms with Crippen LogP contribution in [0, 0.1) is 6.92 Å². The van der Waals surface area contributed by atoms with E-state index in [1.807, 2.05) is 49.5 Å². The number of sulfonamides is 1. The molecular weight excluding hydrogens is 424 g/mol. The minimum Gasteiger partial charge on any atom is -0.361 e. The number of rotatable bonds is 8. The molecule has 3 N–H and O–H groups in total. The highest BCUT2D eigenvalue weighted by atomic mass is 32.2. The SMILES string of the molecule is Cc1cccc(S(=O)(=O)NC(Cc2c[nH]c3ccccc23)C(=O)NCc2ccccn2)c1. The normalized spacial score (nSPS) is 12.5. The molecule has 0 saturated carbocycles. The average molecular weight is 449 g/mol. The van der Waals surface area contributed by atoms with E-state index in [1.165, 1.54) is 6.07 Å². The third kappa shape index (κ3) is 5.04. The second-order valence-corrected chi connectivity index (χ2v) is 9.31. The van der Waals surface area contributed by atoms with E-state index in [9.17, 15) is 13.2 Å². The lowest BCUT2D eigenvalue weighted by atomic mass is 10.1. The Bertz CT molecular complexity index is 1330. The molecule has 4 rings (SSSR count). The zero-order valence-electron chi connectivity index (χ0n) is 17.6. The third-order valence-electron chi connectivity index (χ3n) is 5.18. The van der Waals surface area contributed by atoms with Crippen molar-refractivity contribution in [2.75, 3.05) is 0 Å². The number of aromatic nitrogens is 2. The Kier molecular flexibility index (Phi) is 6.34. The van der Waals surface area contributed by atoms with Gasteiger partial charge in [-0.15, -0.1) is 0 Å². The highest BCUT2D eigenvalue weighted by Crippen LogP contribution is 2.20. The van der Waals surface area contributed by atoms with Crippen molar-refractivity contribution in [1.29, 1.82) is 0 Å². The Hall–Kier alpha value is -3.49. The fraction of sp³-hybridized carbons (Fsp3) is 0.167. The number of para-hydroxylation sites is 1. The minimum atomic E-state index is -3.90. The van der Waals surface area contributed by atoms with Gasteiger partial charge in [-0.25, -0.2) is 8.42 Å². The summed E-state index contributed by atoms with van der Waals surface area (Å²) < 4.78 is 28.7. The van der Waals surface area contributed by atoms with Crippen LogP contribution in [0.25, 0.3) is 10.9 Å². The molecule has 0 fully saturated rings. The van der Waals surface area contributed by atoms with Crippen LogP contribution in [0.15, 0.2) is 84.0 Å². The molecule has 0 bridgehead atoms. The van der Waals surface area contributed by atoms with Crippen LogP contribution in [-0.2, 0) is 27.8 Å². The lowest BCUT2D eigenvalue weighted by Gasteiger charge is -2.19. The van der Waals surface area contributed by atoms with Gasteiger partial charge < -0.3 is 10.3 Å². The van der Waals surface area contributed by atoms with E-state index in [0.717, 1.165) is 22.0 Å². The Labute approximate surface area is 187 Å². The summed E-state index contributed by atoms with van der Waals surface area (Å²) in [6.07, 6.45) is 3.65. The molecule has 0 saturated heterocycles. The van der Waals surface area contributed by atoms with E-state index in [2.05, 4.69) is 20.0 Å². The average Bonchev–Trinajstić information content (AvgIpc) is 3.20. The Morgan fingerprint density at radius 3 is 2.66 bits per heavy atom. The fourth-order valence-electron chi connectivity index (χ4n) is 3.55. The van der Waals surface area contributed by atoms with E-state index >= 15 is 0 Å². The summed E-state index contributed by atoms with van der Waals surface area (Å²) in [4.78, 5) is 20.6. The van der Waals surface area contributed by atoms with Gasteiger partial charge in [-0.1, -0.05) is 36.4 Å². The predicted molar refractivity (Wildman–Crippen MR) is 123 cm³/mol. The molecule has 8 heteroatoms. The molecule has 7 nitrogen and oxygen atoms in total. The van der Waals surface area contributed by atoms with Crippen molar-refractivity contribution in [3.05, 3.63) is 95.9 Å². The Morgan fingerprint density at radius 1 is 1.06 bits per heavy atom. The molecule has 1 unspecified atom stereocenters. The Morgan fingerprint density at radius 2 is 1.88 bits per heavy atom. The van der Waals surface area contributed by atoms with Gasteiger partial charge in [0.2, 0.25) is 15.9 Å². The molecule has 2 aromatic heterocycles. The molecular formula is C24H24N4O3S. The van der Waals surface area contributed by atoms with Gasteiger partial charge in [0.05, 0.1) is 17.1 Å². The molecule has 0 aliphatic rings. The molecule has 1 atom stereocenters. The number of aryl methyl sites for hydroxylation is 1. The van der Waals surface area contributed by atoms with Crippen LogP contribution in [0.1, 0.15) is 16.8 Å². The van der Waals surface area contributed by atoms with Crippen LogP contribution >= 0.6 is 0 Å². The van der Waals surface area contributed by atoms with Gasteiger partial charge >= 0.3 is 0 Å². The highest BCUT2D eigenvalue weighted by Gasteiger charge is 2.27. The maximum absolute atomic E-state index is 13.1. The van der Waals surface area contributed by atoms with Gasteiger partial charge in [0.1, 0.15) is 6.04 Å². The number of nitrogens with one attached hydrogen (secondary N) is 3. The molecule has 2 heterocycles. The van der Waals surface area contributed by atoms with E-state index in [1.54, 1.807) is 30.5 Å². The molecule has 0 aliphatic heterocycles. The number of pyridine rings is 1. The third-order valence-corrected chi connectivity index (χ3v) is 6.65. The fourth-order valence-corrected chi connectivity index (χ4v) is 4.85. The van der Waals surface area contributed by atoms with Gasteiger partial charge in [0.15, 0.2) is 0 Å². The molecule has 4 aromatic rings. The van der Waals surface area contributed by atoms with Crippen molar-refractivity contribution in [3.8, 4) is 0 Å². The van der Waals surface area contributed by atoms with Crippen molar-refractivity contribution in [1.82, 2.24) is 20.0 Å². The summed E-state index contributed by atoms with van der Waals surface area (Å²) in [5, 5.41) is 3.76. The number of amides is 1. The minimum absolute atomic E-state index is 0.124. The van der Waals surface area contributed by atoms with Gasteiger partial charge in [-0.2, -0.15) is 4.72 Å².